The van der Waals surface area contributed by atoms with Crippen LogP contribution in [0.25, 0.3) is 0 Å². The van der Waals surface area contributed by atoms with Gasteiger partial charge in [0.15, 0.2) is 0 Å². The van der Waals surface area contributed by atoms with Gasteiger partial charge in [0, 0.05) is 45.0 Å². The molecule has 0 aliphatic carbocycles. The Labute approximate surface area is 110 Å². The molecule has 1 aromatic rings. The molecule has 0 saturated carbocycles. The smallest absolute Gasteiger partial charge is 0.0369 e. The quantitative estimate of drug-likeness (QED) is 0.818. The molecule has 1 saturated heterocycles. The first-order valence-electron chi connectivity index (χ1n) is 6.68. The van der Waals surface area contributed by atoms with E-state index in [0.29, 0.717) is 6.54 Å². The lowest BCUT2D eigenvalue weighted by Gasteiger charge is -2.35. The molecule has 3 heteroatoms. The molecule has 1 aliphatic rings. The third-order valence-electron chi connectivity index (χ3n) is 3.41. The largest absolute Gasteiger partial charge is 0.369 e. The van der Waals surface area contributed by atoms with Crippen LogP contribution in [0.4, 0.5) is 5.69 Å². The molecule has 0 aromatic heterocycles. The van der Waals surface area contributed by atoms with E-state index in [0.717, 1.165) is 32.7 Å². The maximum absolute atomic E-state index is 5.44. The fourth-order valence-corrected chi connectivity index (χ4v) is 2.33. The van der Waals surface area contributed by atoms with Gasteiger partial charge < -0.3 is 10.6 Å². The van der Waals surface area contributed by atoms with Gasteiger partial charge in [-0.25, -0.2) is 0 Å². The summed E-state index contributed by atoms with van der Waals surface area (Å²) in [5.41, 5.74) is 8.13. The topological polar surface area (TPSA) is 32.5 Å². The standard InChI is InChI=1S/C15H23N3/c1-14-5-4-6-15(13-14)18-11-9-17(10-12-18)8-3-2-7-16/h2-6,13H,7-12,16H2,1H3. The molecule has 1 fully saturated rings. The second-order valence-electron chi connectivity index (χ2n) is 4.83. The highest BCUT2D eigenvalue weighted by Gasteiger charge is 2.15. The van der Waals surface area contributed by atoms with Crippen LogP contribution in [0, 0.1) is 6.92 Å². The molecule has 2 rings (SSSR count). The average Bonchev–Trinajstić information content (AvgIpc) is 2.40. The van der Waals surface area contributed by atoms with Gasteiger partial charge >= 0.3 is 0 Å². The van der Waals surface area contributed by atoms with Crippen molar-refractivity contribution in [2.75, 3.05) is 44.2 Å². The van der Waals surface area contributed by atoms with Gasteiger partial charge in [0.25, 0.3) is 0 Å². The van der Waals surface area contributed by atoms with Crippen LogP contribution >= 0.6 is 0 Å². The summed E-state index contributed by atoms with van der Waals surface area (Å²) >= 11 is 0. The van der Waals surface area contributed by atoms with E-state index in [1.165, 1.54) is 11.3 Å². The summed E-state index contributed by atoms with van der Waals surface area (Å²) in [6.07, 6.45) is 4.20. The predicted octanol–water partition coefficient (Wildman–Crippen LogP) is 1.63. The van der Waals surface area contributed by atoms with Gasteiger partial charge in [-0.2, -0.15) is 0 Å². The molecular weight excluding hydrogens is 222 g/mol. The summed E-state index contributed by atoms with van der Waals surface area (Å²) in [7, 11) is 0. The minimum atomic E-state index is 0.642. The minimum Gasteiger partial charge on any atom is -0.369 e. The Bertz CT molecular complexity index is 392. The number of hydrogen-bond donors (Lipinski definition) is 1. The number of hydrogen-bond acceptors (Lipinski definition) is 3. The molecular formula is C15H23N3. The molecule has 0 atom stereocenters. The molecule has 3 nitrogen and oxygen atoms in total. The zero-order chi connectivity index (χ0) is 12.8. The van der Waals surface area contributed by atoms with Gasteiger partial charge in [0.05, 0.1) is 0 Å². The van der Waals surface area contributed by atoms with E-state index in [4.69, 9.17) is 5.73 Å². The van der Waals surface area contributed by atoms with E-state index in [1.807, 2.05) is 6.08 Å². The van der Waals surface area contributed by atoms with Gasteiger partial charge in [0.2, 0.25) is 0 Å². The van der Waals surface area contributed by atoms with E-state index in [9.17, 15) is 0 Å². The van der Waals surface area contributed by atoms with Gasteiger partial charge in [-0.15, -0.1) is 0 Å². The lowest BCUT2D eigenvalue weighted by Crippen LogP contribution is -2.46. The third kappa shape index (κ3) is 3.59. The maximum Gasteiger partial charge on any atom is 0.0369 e. The Morgan fingerprint density at radius 3 is 2.61 bits per heavy atom. The van der Waals surface area contributed by atoms with Crippen LogP contribution in [-0.4, -0.2) is 44.2 Å². The molecule has 0 spiro atoms. The number of aryl methyl sites for hydroxylation is 1. The molecule has 18 heavy (non-hydrogen) atoms. The number of anilines is 1. The van der Waals surface area contributed by atoms with Crippen molar-refractivity contribution in [1.82, 2.24) is 4.90 Å². The highest BCUT2D eigenvalue weighted by molar-refractivity contribution is 5.48. The second-order valence-corrected chi connectivity index (χ2v) is 4.83. The highest BCUT2D eigenvalue weighted by atomic mass is 15.3. The molecule has 2 N–H and O–H groups in total. The van der Waals surface area contributed by atoms with Gasteiger partial charge in [0.1, 0.15) is 0 Å². The first-order chi connectivity index (χ1) is 8.79. The van der Waals surface area contributed by atoms with Crippen molar-refractivity contribution in [3.05, 3.63) is 42.0 Å². The van der Waals surface area contributed by atoms with E-state index >= 15 is 0 Å². The zero-order valence-corrected chi connectivity index (χ0v) is 11.2. The summed E-state index contributed by atoms with van der Waals surface area (Å²) in [6.45, 7) is 8.30. The first-order valence-corrected chi connectivity index (χ1v) is 6.68. The first kappa shape index (κ1) is 13.1. The fraction of sp³-hybridized carbons (Fsp3) is 0.467. The number of nitrogens with zero attached hydrogens (tertiary/aromatic N) is 2. The minimum absolute atomic E-state index is 0.642. The molecule has 0 bridgehead atoms. The van der Waals surface area contributed by atoms with Crippen molar-refractivity contribution in [2.45, 2.75) is 6.92 Å². The Morgan fingerprint density at radius 2 is 1.94 bits per heavy atom. The van der Waals surface area contributed by atoms with Crippen LogP contribution < -0.4 is 10.6 Å². The molecule has 0 radical (unpaired) electrons. The van der Waals surface area contributed by atoms with E-state index in [2.05, 4.69) is 47.1 Å². The van der Waals surface area contributed by atoms with E-state index in [1.54, 1.807) is 0 Å². The fourth-order valence-electron chi connectivity index (χ4n) is 2.33. The summed E-state index contributed by atoms with van der Waals surface area (Å²) in [5, 5.41) is 0. The van der Waals surface area contributed by atoms with Crippen molar-refractivity contribution in [3.8, 4) is 0 Å². The molecule has 98 valence electrons. The lowest BCUT2D eigenvalue weighted by atomic mass is 10.2. The van der Waals surface area contributed by atoms with Crippen LogP contribution in [0.1, 0.15) is 5.56 Å². The van der Waals surface area contributed by atoms with E-state index < -0.39 is 0 Å². The Kier molecular flexibility index (Phi) is 4.79. The Balaban J connectivity index is 1.85. The molecule has 1 aliphatic heterocycles. The van der Waals surface area contributed by atoms with Gasteiger partial charge in [-0.05, 0) is 24.6 Å². The average molecular weight is 245 g/mol. The van der Waals surface area contributed by atoms with Crippen molar-refractivity contribution in [2.24, 2.45) is 5.73 Å². The predicted molar refractivity (Wildman–Crippen MR) is 78.0 cm³/mol. The van der Waals surface area contributed by atoms with Crippen molar-refractivity contribution < 1.29 is 0 Å². The van der Waals surface area contributed by atoms with Crippen LogP contribution in [-0.2, 0) is 0 Å². The van der Waals surface area contributed by atoms with Crippen LogP contribution in [0.5, 0.6) is 0 Å². The third-order valence-corrected chi connectivity index (χ3v) is 3.41. The SMILES string of the molecule is Cc1cccc(N2CCN(CC=CCN)CC2)c1. The van der Waals surface area contributed by atoms with Crippen molar-refractivity contribution >= 4 is 5.69 Å². The summed E-state index contributed by atoms with van der Waals surface area (Å²) in [5.74, 6) is 0. The lowest BCUT2D eigenvalue weighted by molar-refractivity contribution is 0.284. The molecule has 1 heterocycles. The number of piperazine rings is 1. The van der Waals surface area contributed by atoms with Gasteiger partial charge in [-0.1, -0.05) is 24.3 Å². The number of benzene rings is 1. The van der Waals surface area contributed by atoms with Crippen molar-refractivity contribution in [3.63, 3.8) is 0 Å². The maximum atomic E-state index is 5.44. The molecule has 0 amide bonds. The molecule has 1 aromatic carbocycles. The van der Waals surface area contributed by atoms with Crippen LogP contribution in [0.3, 0.4) is 0 Å². The Hall–Kier alpha value is -1.32. The Morgan fingerprint density at radius 1 is 1.17 bits per heavy atom. The normalized spacial score (nSPS) is 17.6. The summed E-state index contributed by atoms with van der Waals surface area (Å²) in [4.78, 5) is 4.94. The van der Waals surface area contributed by atoms with Crippen LogP contribution in [0.2, 0.25) is 0 Å². The number of nitrogens with two attached hydrogens (primary N) is 1. The second kappa shape index (κ2) is 6.57. The monoisotopic (exact) mass is 245 g/mol. The van der Waals surface area contributed by atoms with Crippen molar-refractivity contribution in [1.29, 1.82) is 0 Å². The summed E-state index contributed by atoms with van der Waals surface area (Å²) < 4.78 is 0. The zero-order valence-electron chi connectivity index (χ0n) is 11.2. The van der Waals surface area contributed by atoms with E-state index in [-0.39, 0.29) is 0 Å². The highest BCUT2D eigenvalue weighted by Crippen LogP contribution is 2.17. The number of rotatable bonds is 4. The van der Waals surface area contributed by atoms with Gasteiger partial charge in [-0.3, -0.25) is 4.90 Å². The molecule has 0 unspecified atom stereocenters. The summed E-state index contributed by atoms with van der Waals surface area (Å²) in [6, 6.07) is 8.76. The van der Waals surface area contributed by atoms with Crippen LogP contribution in [0.15, 0.2) is 36.4 Å².